The van der Waals surface area contributed by atoms with Crippen LogP contribution in [0.5, 0.6) is 0 Å². The summed E-state index contributed by atoms with van der Waals surface area (Å²) in [4.78, 5) is 53.2. The van der Waals surface area contributed by atoms with Crippen molar-refractivity contribution in [3.05, 3.63) is 71.8 Å². The van der Waals surface area contributed by atoms with Crippen molar-refractivity contribution in [3.8, 4) is 0 Å². The van der Waals surface area contributed by atoms with Crippen molar-refractivity contribution in [1.82, 2.24) is 20.4 Å². The summed E-state index contributed by atoms with van der Waals surface area (Å²) in [6.07, 6.45) is -2.76. The molecule has 0 radical (unpaired) electrons. The molecule has 2 heterocycles. The number of carboxylic acid groups (broad SMARTS) is 1. The minimum absolute atomic E-state index is 0.00119. The first-order valence-corrected chi connectivity index (χ1v) is 12.0. The molecule has 0 aromatic heterocycles. The van der Waals surface area contributed by atoms with Crippen LogP contribution < -0.4 is 10.6 Å². The Kier molecular flexibility index (Phi) is 7.92. The summed E-state index contributed by atoms with van der Waals surface area (Å²) >= 11 is 0. The summed E-state index contributed by atoms with van der Waals surface area (Å²) in [7, 11) is 0. The van der Waals surface area contributed by atoms with Gasteiger partial charge in [-0.15, -0.1) is 0 Å². The van der Waals surface area contributed by atoms with Crippen LogP contribution >= 0.6 is 0 Å². The average Bonchev–Trinajstić information content (AvgIpc) is 2.93. The van der Waals surface area contributed by atoms with Gasteiger partial charge in [0.2, 0.25) is 11.8 Å². The number of nitrogens with zero attached hydrogens (tertiary/aromatic N) is 2. The molecule has 3 N–H and O–H groups in total. The monoisotopic (exact) mass is 510 g/mol. The van der Waals surface area contributed by atoms with Crippen molar-refractivity contribution in [2.24, 2.45) is 0 Å². The summed E-state index contributed by atoms with van der Waals surface area (Å²) < 4.78 is 11.3. The SMILES string of the molecule is C[C@@H](OCc1ccccc1)[C@H](NC(=O)OCc1ccccc1)C(=O)N1CCN(C(=O)O)CC12CNC2=O. The lowest BCUT2D eigenvalue weighted by molar-refractivity contribution is -0.164. The number of carbonyl (C=O) groups is 4. The minimum Gasteiger partial charge on any atom is -0.465 e. The maximum Gasteiger partial charge on any atom is 0.408 e. The summed E-state index contributed by atoms with van der Waals surface area (Å²) in [5, 5.41) is 14.7. The second kappa shape index (κ2) is 11.3. The second-order valence-corrected chi connectivity index (χ2v) is 9.09. The van der Waals surface area contributed by atoms with Gasteiger partial charge in [-0.05, 0) is 18.1 Å². The highest BCUT2D eigenvalue weighted by Gasteiger charge is 2.57. The van der Waals surface area contributed by atoms with Crippen molar-refractivity contribution < 1.29 is 33.8 Å². The Morgan fingerprint density at radius 3 is 2.19 bits per heavy atom. The van der Waals surface area contributed by atoms with Crippen LogP contribution in [0.2, 0.25) is 0 Å². The van der Waals surface area contributed by atoms with Gasteiger partial charge in [0.1, 0.15) is 12.6 Å². The predicted octanol–water partition coefficient (Wildman–Crippen LogP) is 1.58. The first-order valence-electron chi connectivity index (χ1n) is 12.0. The van der Waals surface area contributed by atoms with E-state index in [-0.39, 0.29) is 39.4 Å². The van der Waals surface area contributed by atoms with Crippen LogP contribution in [0.15, 0.2) is 60.7 Å². The highest BCUT2D eigenvalue weighted by atomic mass is 16.5. The fourth-order valence-corrected chi connectivity index (χ4v) is 4.45. The summed E-state index contributed by atoms with van der Waals surface area (Å²) in [5.74, 6) is -0.979. The van der Waals surface area contributed by atoms with Crippen molar-refractivity contribution in [2.75, 3.05) is 26.2 Å². The second-order valence-electron chi connectivity index (χ2n) is 9.09. The average molecular weight is 511 g/mol. The molecule has 3 atom stereocenters. The highest BCUT2D eigenvalue weighted by Crippen LogP contribution is 2.29. The predicted molar refractivity (Wildman–Crippen MR) is 131 cm³/mol. The molecule has 2 aromatic rings. The molecule has 4 amide bonds. The van der Waals surface area contributed by atoms with Gasteiger partial charge in [0, 0.05) is 13.1 Å². The molecule has 0 bridgehead atoms. The van der Waals surface area contributed by atoms with E-state index in [9.17, 15) is 24.3 Å². The van der Waals surface area contributed by atoms with Crippen LogP contribution in [-0.2, 0) is 32.3 Å². The Hall–Kier alpha value is -4.12. The normalized spacial score (nSPS) is 20.4. The van der Waals surface area contributed by atoms with Gasteiger partial charge in [-0.1, -0.05) is 60.7 Å². The summed E-state index contributed by atoms with van der Waals surface area (Å²) in [6, 6.07) is 17.3. The number of nitrogens with one attached hydrogen (secondary N) is 2. The van der Waals surface area contributed by atoms with E-state index in [2.05, 4.69) is 10.6 Å². The molecule has 0 aliphatic carbocycles. The number of carbonyl (C=O) groups excluding carboxylic acids is 3. The molecule has 11 heteroatoms. The Morgan fingerprint density at radius 1 is 1.03 bits per heavy atom. The molecular weight excluding hydrogens is 480 g/mol. The number of piperazine rings is 1. The fraction of sp³-hybridized carbons (Fsp3) is 0.385. The molecule has 4 rings (SSSR count). The topological polar surface area (TPSA) is 138 Å². The molecule has 2 aromatic carbocycles. The van der Waals surface area contributed by atoms with E-state index in [1.807, 2.05) is 60.7 Å². The van der Waals surface area contributed by atoms with E-state index in [1.165, 1.54) is 4.90 Å². The van der Waals surface area contributed by atoms with Crippen LogP contribution in [0, 0.1) is 0 Å². The van der Waals surface area contributed by atoms with Gasteiger partial charge in [0.25, 0.3) is 0 Å². The first kappa shape index (κ1) is 26.0. The van der Waals surface area contributed by atoms with Gasteiger partial charge in [-0.3, -0.25) is 9.59 Å². The Labute approximate surface area is 214 Å². The van der Waals surface area contributed by atoms with Gasteiger partial charge in [-0.25, -0.2) is 9.59 Å². The Morgan fingerprint density at radius 2 is 1.65 bits per heavy atom. The lowest BCUT2D eigenvalue weighted by Gasteiger charge is -2.54. The third kappa shape index (κ3) is 5.83. The van der Waals surface area contributed by atoms with Gasteiger partial charge in [0.15, 0.2) is 5.54 Å². The molecule has 2 saturated heterocycles. The third-order valence-electron chi connectivity index (χ3n) is 6.64. The molecule has 2 aliphatic heterocycles. The van der Waals surface area contributed by atoms with Crippen LogP contribution in [-0.4, -0.2) is 82.8 Å². The van der Waals surface area contributed by atoms with Crippen molar-refractivity contribution in [3.63, 3.8) is 0 Å². The standard InChI is InChI=1S/C26H30N4O7/c1-18(36-14-19-8-4-2-5-9-19)21(28-24(33)37-15-20-10-6-3-7-11-20)22(31)30-13-12-29(25(34)35)17-26(30)16-27-23(26)32/h2-11,18,21H,12-17H2,1H3,(H,27,32)(H,28,33)(H,34,35)/t18-,21+,26?/m1/s1. The number of ether oxygens (including phenoxy) is 2. The number of hydrogen-bond acceptors (Lipinski definition) is 6. The number of alkyl carbamates (subject to hydrolysis) is 1. The van der Waals surface area contributed by atoms with E-state index in [0.29, 0.717) is 0 Å². The van der Waals surface area contributed by atoms with Crippen LogP contribution in [0.1, 0.15) is 18.1 Å². The van der Waals surface area contributed by atoms with Gasteiger partial charge in [0.05, 0.1) is 25.8 Å². The quantitative estimate of drug-likeness (QED) is 0.459. The van der Waals surface area contributed by atoms with Gasteiger partial charge >= 0.3 is 12.2 Å². The molecule has 1 unspecified atom stereocenters. The van der Waals surface area contributed by atoms with E-state index < -0.39 is 41.7 Å². The molecule has 2 fully saturated rings. The highest BCUT2D eigenvalue weighted by molar-refractivity contribution is 5.99. The zero-order valence-corrected chi connectivity index (χ0v) is 20.5. The van der Waals surface area contributed by atoms with E-state index in [1.54, 1.807) is 6.92 Å². The van der Waals surface area contributed by atoms with Crippen molar-refractivity contribution in [2.45, 2.75) is 37.8 Å². The molecule has 2 aliphatic rings. The van der Waals surface area contributed by atoms with Crippen molar-refractivity contribution in [1.29, 1.82) is 0 Å². The first-order chi connectivity index (χ1) is 17.8. The van der Waals surface area contributed by atoms with E-state index in [0.717, 1.165) is 16.0 Å². The van der Waals surface area contributed by atoms with Gasteiger partial charge < -0.3 is 35.0 Å². The number of hydrogen-bond donors (Lipinski definition) is 3. The zero-order valence-electron chi connectivity index (χ0n) is 20.5. The molecule has 1 spiro atoms. The molecular formula is C26H30N4O7. The number of β-lactam (4-membered cyclic amide) rings is 1. The maximum atomic E-state index is 13.8. The largest absolute Gasteiger partial charge is 0.465 e. The molecule has 11 nitrogen and oxygen atoms in total. The van der Waals surface area contributed by atoms with Crippen LogP contribution in [0.4, 0.5) is 9.59 Å². The minimum atomic E-state index is -1.33. The smallest absolute Gasteiger partial charge is 0.408 e. The zero-order chi connectivity index (χ0) is 26.4. The Bertz CT molecular complexity index is 1130. The van der Waals surface area contributed by atoms with E-state index in [4.69, 9.17) is 9.47 Å². The molecule has 196 valence electrons. The van der Waals surface area contributed by atoms with Crippen LogP contribution in [0.25, 0.3) is 0 Å². The summed E-state index contributed by atoms with van der Waals surface area (Å²) in [5.41, 5.74) is 0.335. The third-order valence-corrected chi connectivity index (χ3v) is 6.64. The van der Waals surface area contributed by atoms with Gasteiger partial charge in [-0.2, -0.15) is 0 Å². The molecule has 0 saturated carbocycles. The number of benzene rings is 2. The maximum absolute atomic E-state index is 13.8. The number of amides is 4. The Balaban J connectivity index is 1.50. The van der Waals surface area contributed by atoms with E-state index >= 15 is 0 Å². The molecule has 37 heavy (non-hydrogen) atoms. The van der Waals surface area contributed by atoms with Crippen LogP contribution in [0.3, 0.4) is 0 Å². The summed E-state index contributed by atoms with van der Waals surface area (Å²) in [6.45, 7) is 1.88. The fourth-order valence-electron chi connectivity index (χ4n) is 4.45. The lowest BCUT2D eigenvalue weighted by atomic mass is 9.85. The number of rotatable bonds is 8. The van der Waals surface area contributed by atoms with Crippen molar-refractivity contribution >= 4 is 24.0 Å². The lowest BCUT2D eigenvalue weighted by Crippen LogP contribution is -2.81.